The zero-order chi connectivity index (χ0) is 23.3. The van der Waals surface area contributed by atoms with Crippen LogP contribution in [0.15, 0.2) is 48.5 Å². The number of rotatable bonds is 9. The van der Waals surface area contributed by atoms with Crippen molar-refractivity contribution in [3.63, 3.8) is 0 Å². The summed E-state index contributed by atoms with van der Waals surface area (Å²) >= 11 is 0. The summed E-state index contributed by atoms with van der Waals surface area (Å²) in [4.78, 5) is 37.0. The molecule has 0 bridgehead atoms. The Kier molecular flexibility index (Phi) is 7.51. The molecule has 1 aliphatic carbocycles. The third-order valence-electron chi connectivity index (χ3n) is 5.75. The summed E-state index contributed by atoms with van der Waals surface area (Å²) in [7, 11) is 0. The number of aliphatic carboxylic acids is 1. The minimum absolute atomic E-state index is 0.0133. The second-order valence-electron chi connectivity index (χ2n) is 8.42. The maximum atomic E-state index is 12.4. The minimum Gasteiger partial charge on any atom is -0.480 e. The predicted octanol–water partition coefficient (Wildman–Crippen LogP) is 4.02. The van der Waals surface area contributed by atoms with Gasteiger partial charge in [0.15, 0.2) is 0 Å². The average Bonchev–Trinajstić information content (AvgIpc) is 3.08. The topological polar surface area (TPSA) is 95.9 Å². The molecule has 0 fully saturated rings. The third kappa shape index (κ3) is 5.46. The van der Waals surface area contributed by atoms with Gasteiger partial charge in [-0.2, -0.15) is 0 Å². The van der Waals surface area contributed by atoms with Gasteiger partial charge in [-0.15, -0.1) is 0 Å². The minimum atomic E-state index is -1.04. The van der Waals surface area contributed by atoms with E-state index < -0.39 is 12.1 Å². The lowest BCUT2D eigenvalue weighted by molar-refractivity contribution is -0.145. The van der Waals surface area contributed by atoms with Crippen LogP contribution >= 0.6 is 0 Å². The van der Waals surface area contributed by atoms with Crippen molar-refractivity contribution < 1.29 is 24.2 Å². The van der Waals surface area contributed by atoms with Crippen LogP contribution in [-0.2, 0) is 14.3 Å². The number of amides is 2. The van der Waals surface area contributed by atoms with E-state index in [0.29, 0.717) is 6.42 Å². The highest BCUT2D eigenvalue weighted by Gasteiger charge is 2.29. The number of carbonyl (C=O) groups excluding carboxylic acids is 2. The van der Waals surface area contributed by atoms with Crippen molar-refractivity contribution in [2.45, 2.75) is 51.6 Å². The Morgan fingerprint density at radius 1 is 1.00 bits per heavy atom. The van der Waals surface area contributed by atoms with Crippen LogP contribution in [0.3, 0.4) is 0 Å². The number of benzene rings is 2. The first-order valence-corrected chi connectivity index (χ1v) is 10.9. The van der Waals surface area contributed by atoms with E-state index in [1.54, 1.807) is 20.8 Å². The molecule has 1 atom stereocenters. The molecular weight excluding hydrogens is 408 g/mol. The molecule has 0 saturated carbocycles. The van der Waals surface area contributed by atoms with Crippen LogP contribution in [0.4, 0.5) is 4.79 Å². The molecule has 170 valence electrons. The Labute approximate surface area is 188 Å². The summed E-state index contributed by atoms with van der Waals surface area (Å²) in [5, 5.41) is 11.7. The molecule has 2 N–H and O–H groups in total. The van der Waals surface area contributed by atoms with E-state index in [4.69, 9.17) is 9.84 Å². The van der Waals surface area contributed by atoms with Crippen molar-refractivity contribution >= 4 is 18.0 Å². The van der Waals surface area contributed by atoms with Gasteiger partial charge in [0.05, 0.1) is 0 Å². The van der Waals surface area contributed by atoms with Gasteiger partial charge in [-0.3, -0.25) is 9.59 Å². The van der Waals surface area contributed by atoms with E-state index in [1.165, 1.54) is 16.0 Å². The first-order valence-electron chi connectivity index (χ1n) is 10.9. The highest BCUT2D eigenvalue weighted by Crippen LogP contribution is 2.44. The Hall–Kier alpha value is -3.35. The summed E-state index contributed by atoms with van der Waals surface area (Å²) in [5.74, 6) is -1.30. The van der Waals surface area contributed by atoms with Crippen molar-refractivity contribution in [3.05, 3.63) is 59.7 Å². The number of carboxylic acid groups (broad SMARTS) is 1. The van der Waals surface area contributed by atoms with Crippen LogP contribution in [0.5, 0.6) is 0 Å². The highest BCUT2D eigenvalue weighted by atomic mass is 16.5. The molecule has 2 amide bonds. The standard InChI is InChI=1S/C25H30N2O5/c1-16(2)27(14-24(29)30)23(28)13-12-17(3)26-25(31)32-15-22-20-10-6-4-8-18(20)19-9-5-7-11-21(19)22/h4-11,16-17,22H,12-15H2,1-3H3,(H,26,31)(H,29,30). The third-order valence-corrected chi connectivity index (χ3v) is 5.75. The molecule has 2 aromatic rings. The number of hydrogen-bond acceptors (Lipinski definition) is 4. The lowest BCUT2D eigenvalue weighted by Crippen LogP contribution is -2.41. The Morgan fingerprint density at radius 3 is 2.09 bits per heavy atom. The fraction of sp³-hybridized carbons (Fsp3) is 0.400. The number of carboxylic acids is 1. The lowest BCUT2D eigenvalue weighted by Gasteiger charge is -2.25. The van der Waals surface area contributed by atoms with Crippen molar-refractivity contribution in [2.24, 2.45) is 0 Å². The summed E-state index contributed by atoms with van der Waals surface area (Å²) in [6.45, 7) is 5.25. The average molecular weight is 439 g/mol. The van der Waals surface area contributed by atoms with Gasteiger partial charge in [0.25, 0.3) is 0 Å². The Bertz CT molecular complexity index is 942. The van der Waals surface area contributed by atoms with E-state index in [1.807, 2.05) is 24.3 Å². The first kappa shape index (κ1) is 23.3. The molecule has 7 nitrogen and oxygen atoms in total. The molecule has 0 aromatic heterocycles. The van der Waals surface area contributed by atoms with Gasteiger partial charge in [-0.1, -0.05) is 48.5 Å². The summed E-state index contributed by atoms with van der Waals surface area (Å²) in [6.07, 6.45) is 0.0142. The van der Waals surface area contributed by atoms with Crippen molar-refractivity contribution in [3.8, 4) is 11.1 Å². The van der Waals surface area contributed by atoms with Gasteiger partial charge < -0.3 is 20.1 Å². The molecular formula is C25H30N2O5. The van der Waals surface area contributed by atoms with Gasteiger partial charge >= 0.3 is 12.1 Å². The molecule has 1 unspecified atom stereocenters. The number of alkyl carbamates (subject to hydrolysis) is 1. The Balaban J connectivity index is 1.51. The predicted molar refractivity (Wildman–Crippen MR) is 121 cm³/mol. The second kappa shape index (κ2) is 10.3. The van der Waals surface area contributed by atoms with Crippen LogP contribution in [-0.4, -0.2) is 53.2 Å². The van der Waals surface area contributed by atoms with Crippen LogP contribution in [0, 0.1) is 0 Å². The van der Waals surface area contributed by atoms with Gasteiger partial charge in [0, 0.05) is 24.4 Å². The molecule has 3 rings (SSSR count). The van der Waals surface area contributed by atoms with Gasteiger partial charge in [0.1, 0.15) is 13.2 Å². The number of ether oxygens (including phenoxy) is 1. The zero-order valence-corrected chi connectivity index (χ0v) is 18.7. The molecule has 0 spiro atoms. The second-order valence-corrected chi connectivity index (χ2v) is 8.42. The highest BCUT2D eigenvalue weighted by molar-refractivity contribution is 5.82. The van der Waals surface area contributed by atoms with Crippen LogP contribution < -0.4 is 5.32 Å². The maximum absolute atomic E-state index is 12.4. The van der Waals surface area contributed by atoms with Gasteiger partial charge in [0.2, 0.25) is 5.91 Å². The van der Waals surface area contributed by atoms with E-state index in [-0.39, 0.29) is 43.5 Å². The summed E-state index contributed by atoms with van der Waals surface area (Å²) in [5.41, 5.74) is 4.62. The SMILES string of the molecule is CC(CCC(=O)N(CC(=O)O)C(C)C)NC(=O)OCC1c2ccccc2-c2ccccc21. The molecule has 32 heavy (non-hydrogen) atoms. The largest absolute Gasteiger partial charge is 0.480 e. The zero-order valence-electron chi connectivity index (χ0n) is 18.7. The smallest absolute Gasteiger partial charge is 0.407 e. The van der Waals surface area contributed by atoms with Gasteiger partial charge in [-0.25, -0.2) is 4.79 Å². The van der Waals surface area contributed by atoms with Crippen molar-refractivity contribution in [2.75, 3.05) is 13.2 Å². The fourth-order valence-electron chi connectivity index (χ4n) is 4.10. The molecule has 0 saturated heterocycles. The first-order chi connectivity index (χ1) is 15.3. The normalized spacial score (nSPS) is 13.2. The summed E-state index contributed by atoms with van der Waals surface area (Å²) < 4.78 is 5.53. The van der Waals surface area contributed by atoms with Crippen LogP contribution in [0.2, 0.25) is 0 Å². The molecule has 0 aliphatic heterocycles. The molecule has 0 heterocycles. The van der Waals surface area contributed by atoms with E-state index in [9.17, 15) is 14.4 Å². The lowest BCUT2D eigenvalue weighted by atomic mass is 9.98. The van der Waals surface area contributed by atoms with Crippen molar-refractivity contribution in [1.29, 1.82) is 0 Å². The van der Waals surface area contributed by atoms with Gasteiger partial charge in [-0.05, 0) is 49.4 Å². The van der Waals surface area contributed by atoms with E-state index in [2.05, 4.69) is 29.6 Å². The maximum Gasteiger partial charge on any atom is 0.407 e. The molecule has 2 aromatic carbocycles. The number of nitrogens with zero attached hydrogens (tertiary/aromatic N) is 1. The fourth-order valence-corrected chi connectivity index (χ4v) is 4.10. The number of nitrogens with one attached hydrogen (secondary N) is 1. The number of hydrogen-bond donors (Lipinski definition) is 2. The van der Waals surface area contributed by atoms with E-state index >= 15 is 0 Å². The Morgan fingerprint density at radius 2 is 1.56 bits per heavy atom. The van der Waals surface area contributed by atoms with Crippen LogP contribution in [0.25, 0.3) is 11.1 Å². The molecule has 0 radical (unpaired) electrons. The monoisotopic (exact) mass is 438 g/mol. The van der Waals surface area contributed by atoms with Crippen molar-refractivity contribution in [1.82, 2.24) is 10.2 Å². The summed E-state index contributed by atoms with van der Waals surface area (Å²) in [6, 6.07) is 15.8. The quantitative estimate of drug-likeness (QED) is 0.617. The molecule has 7 heteroatoms. The molecule has 1 aliphatic rings. The number of carbonyl (C=O) groups is 3. The van der Waals surface area contributed by atoms with Crippen LogP contribution in [0.1, 0.15) is 50.7 Å². The van der Waals surface area contributed by atoms with E-state index in [0.717, 1.165) is 11.1 Å². The number of fused-ring (bicyclic) bond motifs is 3.